The minimum absolute atomic E-state index is 0.115. The van der Waals surface area contributed by atoms with Crippen LogP contribution in [0.3, 0.4) is 0 Å². The maximum atomic E-state index is 12.4. The summed E-state index contributed by atoms with van der Waals surface area (Å²) in [5, 5.41) is 7.68. The number of carbonyl (C=O) groups is 1. The highest BCUT2D eigenvalue weighted by molar-refractivity contribution is 6.30. The van der Waals surface area contributed by atoms with Crippen LogP contribution in [0.15, 0.2) is 65.5 Å². The van der Waals surface area contributed by atoms with Crippen molar-refractivity contribution in [1.29, 1.82) is 0 Å². The monoisotopic (exact) mass is 367 g/mol. The van der Waals surface area contributed by atoms with Crippen LogP contribution < -0.4 is 10.7 Å². The molecule has 0 saturated heterocycles. The van der Waals surface area contributed by atoms with E-state index in [1.54, 1.807) is 23.7 Å². The highest BCUT2D eigenvalue weighted by atomic mass is 35.5. The van der Waals surface area contributed by atoms with E-state index in [2.05, 4.69) is 10.4 Å². The van der Waals surface area contributed by atoms with Crippen molar-refractivity contribution < 1.29 is 4.79 Å². The molecule has 0 bridgehead atoms. The Morgan fingerprint density at radius 2 is 1.81 bits per heavy atom. The van der Waals surface area contributed by atoms with E-state index >= 15 is 0 Å². The Labute approximate surface area is 156 Å². The van der Waals surface area contributed by atoms with Gasteiger partial charge in [-0.15, -0.1) is 0 Å². The van der Waals surface area contributed by atoms with Crippen molar-refractivity contribution in [1.82, 2.24) is 15.1 Å². The van der Waals surface area contributed by atoms with Gasteiger partial charge in [-0.05, 0) is 43.2 Å². The van der Waals surface area contributed by atoms with Gasteiger partial charge in [-0.2, -0.15) is 5.10 Å². The fraction of sp³-hybridized carbons (Fsp3) is 0.150. The van der Waals surface area contributed by atoms with E-state index in [1.165, 1.54) is 6.07 Å². The van der Waals surface area contributed by atoms with Crippen LogP contribution in [-0.4, -0.2) is 22.2 Å². The lowest BCUT2D eigenvalue weighted by atomic mass is 10.1. The van der Waals surface area contributed by atoms with Gasteiger partial charge in [-0.25, -0.2) is 4.68 Å². The van der Waals surface area contributed by atoms with E-state index < -0.39 is 11.3 Å². The summed E-state index contributed by atoms with van der Waals surface area (Å²) in [5.74, 6) is -0.478. The number of rotatable bonds is 5. The Balaban J connectivity index is 1.74. The summed E-state index contributed by atoms with van der Waals surface area (Å²) in [4.78, 5) is 24.6. The topological polar surface area (TPSA) is 64.0 Å². The van der Waals surface area contributed by atoms with Crippen LogP contribution in [-0.2, 0) is 6.42 Å². The van der Waals surface area contributed by atoms with Gasteiger partial charge in [0.25, 0.3) is 5.91 Å². The molecule has 0 fully saturated rings. The number of amides is 1. The molecule has 0 aliphatic heterocycles. The average molecular weight is 368 g/mol. The van der Waals surface area contributed by atoms with E-state index in [1.807, 2.05) is 42.5 Å². The van der Waals surface area contributed by atoms with Crippen LogP contribution in [0, 0.1) is 6.92 Å². The van der Waals surface area contributed by atoms with E-state index in [0.29, 0.717) is 23.7 Å². The third-order valence-corrected chi connectivity index (χ3v) is 4.19. The Morgan fingerprint density at radius 1 is 1.12 bits per heavy atom. The average Bonchev–Trinajstić information content (AvgIpc) is 2.64. The molecular formula is C20H18ClN3O2. The van der Waals surface area contributed by atoms with Crippen LogP contribution in [0.4, 0.5) is 0 Å². The first-order valence-electron chi connectivity index (χ1n) is 8.23. The van der Waals surface area contributed by atoms with Crippen molar-refractivity contribution in [2.24, 2.45) is 0 Å². The summed E-state index contributed by atoms with van der Waals surface area (Å²) in [6.45, 7) is 2.18. The quantitative estimate of drug-likeness (QED) is 0.753. The molecule has 0 spiro atoms. The summed E-state index contributed by atoms with van der Waals surface area (Å²) >= 11 is 5.86. The van der Waals surface area contributed by atoms with Crippen LogP contribution >= 0.6 is 11.6 Å². The zero-order chi connectivity index (χ0) is 18.5. The van der Waals surface area contributed by atoms with Gasteiger partial charge < -0.3 is 5.32 Å². The Hall–Kier alpha value is -2.92. The smallest absolute Gasteiger partial charge is 0.275 e. The van der Waals surface area contributed by atoms with E-state index in [9.17, 15) is 9.59 Å². The molecule has 2 aromatic carbocycles. The van der Waals surface area contributed by atoms with Gasteiger partial charge in [0.15, 0.2) is 5.69 Å². The lowest BCUT2D eigenvalue weighted by Crippen LogP contribution is -2.33. The van der Waals surface area contributed by atoms with Crippen molar-refractivity contribution in [2.75, 3.05) is 6.54 Å². The number of aromatic nitrogens is 2. The number of hydrogen-bond donors (Lipinski definition) is 1. The molecule has 3 aromatic rings. The molecule has 0 unspecified atom stereocenters. The predicted molar refractivity (Wildman–Crippen MR) is 102 cm³/mol. The Morgan fingerprint density at radius 3 is 2.50 bits per heavy atom. The van der Waals surface area contributed by atoms with Crippen molar-refractivity contribution in [3.8, 4) is 5.69 Å². The molecule has 0 radical (unpaired) electrons. The molecular weight excluding hydrogens is 350 g/mol. The van der Waals surface area contributed by atoms with Gasteiger partial charge in [-0.3, -0.25) is 9.59 Å². The summed E-state index contributed by atoms with van der Waals surface area (Å²) in [7, 11) is 0. The van der Waals surface area contributed by atoms with Gasteiger partial charge >= 0.3 is 0 Å². The largest absolute Gasteiger partial charge is 0.350 e. The maximum absolute atomic E-state index is 12.4. The lowest BCUT2D eigenvalue weighted by molar-refractivity contribution is 0.0946. The molecule has 0 saturated carbocycles. The predicted octanol–water partition coefficient (Wildman–Crippen LogP) is 3.17. The third-order valence-electron chi connectivity index (χ3n) is 3.94. The second kappa shape index (κ2) is 7.97. The molecule has 1 amide bonds. The summed E-state index contributed by atoms with van der Waals surface area (Å²) < 4.78 is 1.59. The number of nitrogens with one attached hydrogen (secondary N) is 1. The minimum atomic E-state index is -0.478. The van der Waals surface area contributed by atoms with Crippen LogP contribution in [0.25, 0.3) is 5.69 Å². The van der Waals surface area contributed by atoms with E-state index in [0.717, 1.165) is 11.3 Å². The number of carbonyl (C=O) groups excluding carboxylic acids is 1. The summed E-state index contributed by atoms with van der Waals surface area (Å²) in [6.07, 6.45) is 0.641. The van der Waals surface area contributed by atoms with Gasteiger partial charge in [0.05, 0.1) is 5.69 Å². The molecule has 5 nitrogen and oxygen atoms in total. The first-order valence-corrected chi connectivity index (χ1v) is 8.61. The fourth-order valence-corrected chi connectivity index (χ4v) is 2.72. The number of nitrogens with zero attached hydrogens (tertiary/aromatic N) is 2. The highest BCUT2D eigenvalue weighted by Gasteiger charge is 2.14. The number of aryl methyl sites for hydroxylation is 1. The van der Waals surface area contributed by atoms with Gasteiger partial charge in [0, 0.05) is 23.3 Å². The molecule has 26 heavy (non-hydrogen) atoms. The molecule has 0 aliphatic rings. The van der Waals surface area contributed by atoms with Gasteiger partial charge in [0.1, 0.15) is 0 Å². The maximum Gasteiger partial charge on any atom is 0.275 e. The van der Waals surface area contributed by atoms with Crippen LogP contribution in [0.5, 0.6) is 0 Å². The zero-order valence-electron chi connectivity index (χ0n) is 14.3. The molecule has 1 heterocycles. The van der Waals surface area contributed by atoms with Gasteiger partial charge in [0.2, 0.25) is 5.43 Å². The molecule has 1 N–H and O–H groups in total. The fourth-order valence-electron chi connectivity index (χ4n) is 2.59. The van der Waals surface area contributed by atoms with Crippen LogP contribution in [0.2, 0.25) is 5.02 Å². The number of para-hydroxylation sites is 1. The molecule has 1 aromatic heterocycles. The molecule has 3 rings (SSSR count). The van der Waals surface area contributed by atoms with Crippen molar-refractivity contribution in [3.63, 3.8) is 0 Å². The van der Waals surface area contributed by atoms with Gasteiger partial charge in [-0.1, -0.05) is 41.9 Å². The normalized spacial score (nSPS) is 10.5. The van der Waals surface area contributed by atoms with Crippen molar-refractivity contribution in [3.05, 3.63) is 92.9 Å². The molecule has 132 valence electrons. The van der Waals surface area contributed by atoms with Crippen molar-refractivity contribution >= 4 is 17.5 Å². The first-order chi connectivity index (χ1) is 12.5. The third kappa shape index (κ3) is 4.18. The number of hydrogen-bond acceptors (Lipinski definition) is 3. The first kappa shape index (κ1) is 17.9. The number of benzene rings is 2. The Bertz CT molecular complexity index is 967. The second-order valence-electron chi connectivity index (χ2n) is 5.88. The lowest BCUT2D eigenvalue weighted by Gasteiger charge is -2.11. The highest BCUT2D eigenvalue weighted by Crippen LogP contribution is 2.10. The van der Waals surface area contributed by atoms with E-state index in [4.69, 9.17) is 11.6 Å². The molecule has 0 atom stereocenters. The zero-order valence-corrected chi connectivity index (χ0v) is 15.0. The van der Waals surface area contributed by atoms with E-state index in [-0.39, 0.29) is 5.69 Å². The van der Waals surface area contributed by atoms with Crippen LogP contribution in [0.1, 0.15) is 21.7 Å². The molecule has 6 heteroatoms. The standard InChI is InChI=1S/C20H18ClN3O2/c1-14-13-18(25)19(23-24(14)17-5-3-2-4-6-17)20(26)22-12-11-15-7-9-16(21)10-8-15/h2-10,13H,11-12H2,1H3,(H,22,26). The number of halogens is 1. The SMILES string of the molecule is Cc1cc(=O)c(C(=O)NCCc2ccc(Cl)cc2)nn1-c1ccccc1. The summed E-state index contributed by atoms with van der Waals surface area (Å²) in [6, 6.07) is 18.2. The van der Waals surface area contributed by atoms with Crippen molar-refractivity contribution in [2.45, 2.75) is 13.3 Å². The summed E-state index contributed by atoms with van der Waals surface area (Å²) in [5.41, 5.74) is 2.00. The minimum Gasteiger partial charge on any atom is -0.350 e. The second-order valence-corrected chi connectivity index (χ2v) is 6.31. The molecule has 0 aliphatic carbocycles. The Kier molecular flexibility index (Phi) is 5.49.